The second-order valence-corrected chi connectivity index (χ2v) is 7.51. The Morgan fingerprint density at radius 3 is 2.50 bits per heavy atom. The number of nitrogens with one attached hydrogen (secondary N) is 1. The molecule has 133 valence electrons. The lowest BCUT2D eigenvalue weighted by Gasteiger charge is -2.56. The fraction of sp³-hybridized carbons (Fsp3) is 0.556. The second-order valence-electron chi connectivity index (χ2n) is 7.51. The Morgan fingerprint density at radius 2 is 1.89 bits per heavy atom. The highest BCUT2D eigenvalue weighted by Crippen LogP contribution is 2.41. The summed E-state index contributed by atoms with van der Waals surface area (Å²) in [6.45, 7) is 2.45. The number of H-pyrrole nitrogens is 1. The number of hydrogen-bond donors (Lipinski definition) is 1. The molecular weight excluding hydrogens is 341 g/mol. The van der Waals surface area contributed by atoms with E-state index in [2.05, 4.69) is 4.98 Å². The number of likely N-dealkylation sites (tertiary alicyclic amines) is 1. The molecule has 2 unspecified atom stereocenters. The zero-order valence-corrected chi connectivity index (χ0v) is 16.7. The lowest BCUT2D eigenvalue weighted by molar-refractivity contribution is 0.0396. The average molecular weight is 362 g/mol. The molecule has 2 heterocycles. The van der Waals surface area contributed by atoms with Gasteiger partial charge in [-0.05, 0) is 53.9 Å². The molecule has 0 bridgehead atoms. The smallest absolute Gasteiger partial charge is 0.123 e. The second kappa shape index (κ2) is 7.60. The van der Waals surface area contributed by atoms with Crippen LogP contribution in [0.15, 0.2) is 24.4 Å². The van der Waals surface area contributed by atoms with Crippen molar-refractivity contribution in [3.05, 3.63) is 30.0 Å². The van der Waals surface area contributed by atoms with E-state index in [0.717, 1.165) is 35.1 Å². The molecule has 0 aliphatic carbocycles. The summed E-state index contributed by atoms with van der Waals surface area (Å²) in [5.41, 5.74) is 1.69. The van der Waals surface area contributed by atoms with Gasteiger partial charge in [-0.3, -0.25) is 0 Å². The third-order valence-electron chi connectivity index (χ3n) is 6.04. The van der Waals surface area contributed by atoms with Crippen molar-refractivity contribution in [3.8, 4) is 5.75 Å². The van der Waals surface area contributed by atoms with Crippen molar-refractivity contribution >= 4 is 57.4 Å². The number of aromatic nitrogens is 1. The van der Waals surface area contributed by atoms with Crippen LogP contribution in [0.25, 0.3) is 10.9 Å². The van der Waals surface area contributed by atoms with E-state index < -0.39 is 16.0 Å². The van der Waals surface area contributed by atoms with Gasteiger partial charge in [0.05, 0.1) is 46.3 Å². The number of benzene rings is 1. The lowest BCUT2D eigenvalue weighted by atomic mass is 9.32. The number of fused-ring (bicyclic) bond motifs is 1. The maximum atomic E-state index is 6.76. The van der Waals surface area contributed by atoms with Gasteiger partial charge in [-0.25, -0.2) is 0 Å². The number of ether oxygens (including phenoxy) is 2. The molecule has 4 nitrogen and oxygen atoms in total. The van der Waals surface area contributed by atoms with E-state index in [1.165, 1.54) is 7.11 Å². The van der Waals surface area contributed by atoms with Crippen LogP contribution in [0, 0.1) is 0 Å². The van der Waals surface area contributed by atoms with E-state index >= 15 is 0 Å². The van der Waals surface area contributed by atoms with Crippen molar-refractivity contribution in [1.29, 1.82) is 0 Å². The number of methoxy groups -OCH3 is 2. The van der Waals surface area contributed by atoms with Crippen molar-refractivity contribution in [3.63, 3.8) is 0 Å². The van der Waals surface area contributed by atoms with Gasteiger partial charge in [0.25, 0.3) is 0 Å². The molecule has 28 heavy (non-hydrogen) atoms. The van der Waals surface area contributed by atoms with Crippen LogP contribution in [0.1, 0.15) is 18.4 Å². The largest absolute Gasteiger partial charge is 0.497 e. The molecule has 2 atom stereocenters. The van der Waals surface area contributed by atoms with Crippen LogP contribution in [0.2, 0.25) is 6.82 Å². The van der Waals surface area contributed by atoms with Gasteiger partial charge in [0.15, 0.2) is 0 Å². The minimum absolute atomic E-state index is 0.305. The van der Waals surface area contributed by atoms with E-state index in [1.54, 1.807) is 21.2 Å². The van der Waals surface area contributed by atoms with Gasteiger partial charge in [-0.15, -0.1) is 0 Å². The highest BCUT2D eigenvalue weighted by molar-refractivity contribution is 6.61. The van der Waals surface area contributed by atoms with Gasteiger partial charge in [0, 0.05) is 30.3 Å². The Bertz CT molecular complexity index is 843. The number of rotatable bonds is 7. The minimum atomic E-state index is -1.61. The fourth-order valence-electron chi connectivity index (χ4n) is 4.25. The van der Waals surface area contributed by atoms with Crippen molar-refractivity contribution in [2.45, 2.75) is 41.7 Å². The van der Waals surface area contributed by atoms with Crippen molar-refractivity contribution in [1.82, 2.24) is 9.88 Å². The van der Waals surface area contributed by atoms with Gasteiger partial charge in [-0.2, -0.15) is 0 Å². The van der Waals surface area contributed by atoms with Crippen LogP contribution in [-0.2, 0) is 9.95 Å². The molecule has 2 aromatic rings. The monoisotopic (exact) mass is 363 g/mol. The Hall–Kier alpha value is -1.13. The molecular formula is C18H21B6N2O2. The lowest BCUT2D eigenvalue weighted by Crippen LogP contribution is -2.72. The van der Waals surface area contributed by atoms with E-state index in [-0.39, 0.29) is 6.04 Å². The summed E-state index contributed by atoms with van der Waals surface area (Å²) in [5, 5.41) is -3.17. The van der Waals surface area contributed by atoms with Crippen LogP contribution in [0.4, 0.5) is 0 Å². The van der Waals surface area contributed by atoms with Gasteiger partial charge < -0.3 is 19.4 Å². The predicted octanol–water partition coefficient (Wildman–Crippen LogP) is 0.342. The first-order valence-corrected chi connectivity index (χ1v) is 9.34. The zero-order valence-electron chi connectivity index (χ0n) is 16.7. The Balaban J connectivity index is 2.06. The van der Waals surface area contributed by atoms with Crippen LogP contribution >= 0.6 is 0 Å². The SMILES string of the molecule is [B]C([B])(c1c[nH]c2ccc(OC)cc12)C1CCCN1C([B])([B]C)C([B])([B])OC. The third-order valence-corrected chi connectivity index (χ3v) is 6.04. The average Bonchev–Trinajstić information content (AvgIpc) is 3.34. The summed E-state index contributed by atoms with van der Waals surface area (Å²) in [4.78, 5) is 5.18. The summed E-state index contributed by atoms with van der Waals surface area (Å²) < 4.78 is 10.7. The highest BCUT2D eigenvalue weighted by Gasteiger charge is 2.50. The Kier molecular flexibility index (Phi) is 5.86. The topological polar surface area (TPSA) is 37.5 Å². The summed E-state index contributed by atoms with van der Waals surface area (Å²) in [7, 11) is 37.3. The predicted molar refractivity (Wildman–Crippen MR) is 119 cm³/mol. The molecule has 0 saturated carbocycles. The molecule has 11 radical (unpaired) electrons. The standard InChI is InChI=1S/C18H21B6N2O2/c1-24-18(23,17(21,22)28-3)26-8-4-5-15(26)16(19,20)13-10-25-14-7-6-11(27-2)9-12(13)14/h6-7,9-10,15,25H,4-5,8H2,1-3H3. The van der Waals surface area contributed by atoms with Crippen molar-refractivity contribution in [2.24, 2.45) is 0 Å². The molecule has 1 aliphatic rings. The molecule has 10 heteroatoms. The molecule has 3 rings (SSSR count). The fourth-order valence-corrected chi connectivity index (χ4v) is 4.25. The van der Waals surface area contributed by atoms with Crippen LogP contribution in [-0.4, -0.2) is 93.9 Å². The Morgan fingerprint density at radius 1 is 1.18 bits per heavy atom. The highest BCUT2D eigenvalue weighted by atomic mass is 16.5. The maximum Gasteiger partial charge on any atom is 0.123 e. The number of hydrogen-bond acceptors (Lipinski definition) is 3. The van der Waals surface area contributed by atoms with E-state index in [0.29, 0.717) is 6.54 Å². The van der Waals surface area contributed by atoms with E-state index in [1.807, 2.05) is 29.3 Å². The van der Waals surface area contributed by atoms with E-state index in [9.17, 15) is 0 Å². The molecule has 0 spiro atoms. The van der Waals surface area contributed by atoms with Gasteiger partial charge >= 0.3 is 0 Å². The quantitative estimate of drug-likeness (QED) is 0.722. The molecule has 1 N–H and O–H groups in total. The molecule has 1 aromatic heterocycles. The van der Waals surface area contributed by atoms with Crippen molar-refractivity contribution in [2.75, 3.05) is 20.8 Å². The van der Waals surface area contributed by atoms with Gasteiger partial charge in [0.2, 0.25) is 0 Å². The van der Waals surface area contributed by atoms with Crippen LogP contribution in [0.3, 0.4) is 0 Å². The maximum absolute atomic E-state index is 6.76. The van der Waals surface area contributed by atoms with Gasteiger partial charge in [0.1, 0.15) is 13.0 Å². The summed E-state index contributed by atoms with van der Waals surface area (Å²) in [6.07, 6.45) is 3.44. The molecule has 1 aliphatic heterocycles. The number of aromatic amines is 1. The first kappa shape index (κ1) is 21.6. The van der Waals surface area contributed by atoms with Gasteiger partial charge in [-0.1, -0.05) is 12.0 Å². The summed E-state index contributed by atoms with van der Waals surface area (Å²) in [5.74, 6) is 0.727. The molecule has 1 saturated heterocycles. The van der Waals surface area contributed by atoms with Crippen molar-refractivity contribution < 1.29 is 9.47 Å². The number of nitrogens with zero attached hydrogens (tertiary/aromatic N) is 1. The normalized spacial score (nSPS) is 20.9. The van der Waals surface area contributed by atoms with E-state index in [4.69, 9.17) is 48.7 Å². The first-order chi connectivity index (χ1) is 13.1. The zero-order chi connectivity index (χ0) is 20.7. The first-order valence-electron chi connectivity index (χ1n) is 9.34. The molecule has 1 fully saturated rings. The molecule has 1 aromatic carbocycles. The van der Waals surface area contributed by atoms with Crippen LogP contribution < -0.4 is 4.74 Å². The van der Waals surface area contributed by atoms with Crippen LogP contribution in [0.5, 0.6) is 5.75 Å². The Labute approximate surface area is 175 Å². The summed E-state index contributed by atoms with van der Waals surface area (Å²) >= 11 is 0. The summed E-state index contributed by atoms with van der Waals surface area (Å²) in [6, 6.07) is 5.43. The third kappa shape index (κ3) is 3.27. The minimum Gasteiger partial charge on any atom is -0.497 e. The molecule has 0 amide bonds.